The SMILES string of the molecule is CNC[C@]1(OC)Cc2ccccc2[C@@H]1Oc1ccccc1C. The van der Waals surface area contributed by atoms with Crippen LogP contribution in [0.3, 0.4) is 0 Å². The molecule has 0 saturated carbocycles. The number of nitrogens with one attached hydrogen (secondary N) is 1. The van der Waals surface area contributed by atoms with Crippen LogP contribution in [0.2, 0.25) is 0 Å². The van der Waals surface area contributed by atoms with Gasteiger partial charge in [-0.2, -0.15) is 0 Å². The number of rotatable bonds is 5. The maximum absolute atomic E-state index is 6.43. The van der Waals surface area contributed by atoms with Gasteiger partial charge in [-0.25, -0.2) is 0 Å². The zero-order valence-electron chi connectivity index (χ0n) is 13.4. The van der Waals surface area contributed by atoms with Crippen molar-refractivity contribution in [3.8, 4) is 5.75 Å². The first kappa shape index (κ1) is 15.1. The molecule has 3 rings (SSSR count). The molecular weight excluding hydrogens is 274 g/mol. The summed E-state index contributed by atoms with van der Waals surface area (Å²) < 4.78 is 12.4. The van der Waals surface area contributed by atoms with E-state index in [2.05, 4.69) is 42.6 Å². The van der Waals surface area contributed by atoms with Crippen molar-refractivity contribution in [1.29, 1.82) is 0 Å². The van der Waals surface area contributed by atoms with Gasteiger partial charge in [-0.1, -0.05) is 42.5 Å². The standard InChI is InChI=1S/C19H23NO2/c1-14-8-4-7-11-17(14)22-18-16-10-6-5-9-15(16)12-19(18,21-3)13-20-2/h4-11,18,20H,12-13H2,1-3H3/t18-,19+/m0/s1. The van der Waals surface area contributed by atoms with Gasteiger partial charge in [0.25, 0.3) is 0 Å². The highest BCUT2D eigenvalue weighted by atomic mass is 16.5. The summed E-state index contributed by atoms with van der Waals surface area (Å²) in [6.07, 6.45) is 0.749. The molecule has 2 atom stereocenters. The molecule has 1 aliphatic carbocycles. The fraction of sp³-hybridized carbons (Fsp3) is 0.368. The lowest BCUT2D eigenvalue weighted by Crippen LogP contribution is -2.47. The van der Waals surface area contributed by atoms with E-state index in [-0.39, 0.29) is 11.7 Å². The van der Waals surface area contributed by atoms with E-state index >= 15 is 0 Å². The van der Waals surface area contributed by atoms with Gasteiger partial charge in [0.1, 0.15) is 11.4 Å². The summed E-state index contributed by atoms with van der Waals surface area (Å²) in [7, 11) is 3.73. The number of hydrogen-bond acceptors (Lipinski definition) is 3. The van der Waals surface area contributed by atoms with Crippen LogP contribution in [0.1, 0.15) is 22.8 Å². The van der Waals surface area contributed by atoms with Crippen LogP contribution in [-0.4, -0.2) is 26.3 Å². The predicted molar refractivity (Wildman–Crippen MR) is 88.4 cm³/mol. The molecule has 3 nitrogen and oxygen atoms in total. The van der Waals surface area contributed by atoms with Crippen LogP contribution in [0.5, 0.6) is 5.75 Å². The Bertz CT molecular complexity index is 655. The molecule has 0 spiro atoms. The number of hydrogen-bond donors (Lipinski definition) is 1. The van der Waals surface area contributed by atoms with Gasteiger partial charge in [-0.3, -0.25) is 0 Å². The second kappa shape index (κ2) is 6.11. The second-order valence-electron chi connectivity index (χ2n) is 5.94. The van der Waals surface area contributed by atoms with Gasteiger partial charge in [0.2, 0.25) is 0 Å². The Hall–Kier alpha value is -1.84. The third kappa shape index (κ3) is 2.51. The number of ether oxygens (including phenoxy) is 2. The van der Waals surface area contributed by atoms with E-state index in [0.717, 1.165) is 24.3 Å². The second-order valence-corrected chi connectivity index (χ2v) is 5.94. The highest BCUT2D eigenvalue weighted by Crippen LogP contribution is 2.44. The van der Waals surface area contributed by atoms with Gasteiger partial charge in [0.05, 0.1) is 0 Å². The molecule has 1 aliphatic rings. The van der Waals surface area contributed by atoms with E-state index in [4.69, 9.17) is 9.47 Å². The van der Waals surface area contributed by atoms with Gasteiger partial charge < -0.3 is 14.8 Å². The van der Waals surface area contributed by atoms with Crippen LogP contribution < -0.4 is 10.1 Å². The molecule has 0 fully saturated rings. The number of para-hydroxylation sites is 1. The molecule has 0 saturated heterocycles. The zero-order valence-corrected chi connectivity index (χ0v) is 13.4. The van der Waals surface area contributed by atoms with E-state index < -0.39 is 0 Å². The maximum Gasteiger partial charge on any atom is 0.154 e. The Morgan fingerprint density at radius 2 is 1.86 bits per heavy atom. The number of aryl methyl sites for hydroxylation is 1. The lowest BCUT2D eigenvalue weighted by atomic mass is 9.96. The third-order valence-electron chi connectivity index (χ3n) is 4.53. The largest absolute Gasteiger partial charge is 0.482 e. The van der Waals surface area contributed by atoms with Crippen LogP contribution in [0.15, 0.2) is 48.5 Å². The van der Waals surface area contributed by atoms with Crippen molar-refractivity contribution in [1.82, 2.24) is 5.32 Å². The number of fused-ring (bicyclic) bond motifs is 1. The first-order valence-electron chi connectivity index (χ1n) is 7.70. The van der Waals surface area contributed by atoms with Crippen LogP contribution in [0, 0.1) is 6.92 Å². The lowest BCUT2D eigenvalue weighted by molar-refractivity contribution is -0.0799. The molecule has 0 bridgehead atoms. The molecule has 0 radical (unpaired) electrons. The van der Waals surface area contributed by atoms with Crippen LogP contribution in [0.25, 0.3) is 0 Å². The van der Waals surface area contributed by atoms with Crippen molar-refractivity contribution in [2.75, 3.05) is 20.7 Å². The summed E-state index contributed by atoms with van der Waals surface area (Å²) in [5.74, 6) is 0.918. The first-order chi connectivity index (χ1) is 10.7. The Morgan fingerprint density at radius 1 is 1.14 bits per heavy atom. The van der Waals surface area contributed by atoms with E-state index in [9.17, 15) is 0 Å². The Kier molecular flexibility index (Phi) is 4.19. The fourth-order valence-corrected chi connectivity index (χ4v) is 3.34. The molecule has 2 aromatic rings. The maximum atomic E-state index is 6.43. The molecule has 0 aromatic heterocycles. The molecule has 22 heavy (non-hydrogen) atoms. The van der Waals surface area contributed by atoms with Crippen molar-refractivity contribution in [2.24, 2.45) is 0 Å². The topological polar surface area (TPSA) is 30.5 Å². The molecule has 1 N–H and O–H groups in total. The summed E-state index contributed by atoms with van der Waals surface area (Å²) >= 11 is 0. The summed E-state index contributed by atoms with van der Waals surface area (Å²) in [5.41, 5.74) is 3.29. The summed E-state index contributed by atoms with van der Waals surface area (Å²) in [5, 5.41) is 3.26. The van der Waals surface area contributed by atoms with Gasteiger partial charge in [-0.05, 0) is 36.7 Å². The molecule has 0 heterocycles. The third-order valence-corrected chi connectivity index (χ3v) is 4.53. The predicted octanol–water partition coefficient (Wildman–Crippen LogP) is 3.28. The van der Waals surface area contributed by atoms with Crippen molar-refractivity contribution < 1.29 is 9.47 Å². The van der Waals surface area contributed by atoms with Gasteiger partial charge >= 0.3 is 0 Å². The average Bonchev–Trinajstić information content (AvgIpc) is 2.84. The lowest BCUT2D eigenvalue weighted by Gasteiger charge is -2.34. The molecule has 116 valence electrons. The van der Waals surface area contributed by atoms with E-state index in [1.807, 2.05) is 25.2 Å². The van der Waals surface area contributed by atoms with E-state index in [0.29, 0.717) is 0 Å². The minimum absolute atomic E-state index is 0.109. The van der Waals surface area contributed by atoms with Gasteiger partial charge in [-0.15, -0.1) is 0 Å². The van der Waals surface area contributed by atoms with Gasteiger partial charge in [0, 0.05) is 20.1 Å². The highest BCUT2D eigenvalue weighted by Gasteiger charge is 2.48. The van der Waals surface area contributed by atoms with Crippen molar-refractivity contribution in [3.63, 3.8) is 0 Å². The quantitative estimate of drug-likeness (QED) is 0.919. The molecular formula is C19H23NO2. The Labute approximate surface area is 132 Å². The molecule has 3 heteroatoms. The first-order valence-corrected chi connectivity index (χ1v) is 7.70. The van der Waals surface area contributed by atoms with E-state index in [1.54, 1.807) is 7.11 Å². The minimum atomic E-state index is -0.374. The van der Waals surface area contributed by atoms with Crippen LogP contribution in [-0.2, 0) is 11.2 Å². The molecule has 0 amide bonds. The van der Waals surface area contributed by atoms with Crippen molar-refractivity contribution in [3.05, 3.63) is 65.2 Å². The summed E-state index contributed by atoms with van der Waals surface area (Å²) in [4.78, 5) is 0. The summed E-state index contributed by atoms with van der Waals surface area (Å²) in [6, 6.07) is 16.6. The van der Waals surface area contributed by atoms with Crippen LogP contribution in [0.4, 0.5) is 0 Å². The highest BCUT2D eigenvalue weighted by molar-refractivity contribution is 5.41. The molecule has 0 unspecified atom stereocenters. The zero-order chi connectivity index (χ0) is 15.6. The normalized spacial score (nSPS) is 23.3. The van der Waals surface area contributed by atoms with Gasteiger partial charge in [0.15, 0.2) is 6.10 Å². The Morgan fingerprint density at radius 3 is 2.59 bits per heavy atom. The average molecular weight is 297 g/mol. The summed E-state index contributed by atoms with van der Waals surface area (Å²) in [6.45, 7) is 2.82. The smallest absolute Gasteiger partial charge is 0.154 e. The molecule has 2 aromatic carbocycles. The van der Waals surface area contributed by atoms with Crippen molar-refractivity contribution >= 4 is 0 Å². The Balaban J connectivity index is 2.01. The monoisotopic (exact) mass is 297 g/mol. The fourth-order valence-electron chi connectivity index (χ4n) is 3.34. The molecule has 0 aliphatic heterocycles. The number of methoxy groups -OCH3 is 1. The van der Waals surface area contributed by atoms with E-state index in [1.165, 1.54) is 11.1 Å². The minimum Gasteiger partial charge on any atom is -0.482 e. The van der Waals surface area contributed by atoms with Crippen molar-refractivity contribution in [2.45, 2.75) is 25.0 Å². The number of likely N-dealkylation sites (N-methyl/N-ethyl adjacent to an activating group) is 1. The number of benzene rings is 2. The van der Waals surface area contributed by atoms with Crippen LogP contribution >= 0.6 is 0 Å².